The van der Waals surface area contributed by atoms with Crippen molar-refractivity contribution in [2.75, 3.05) is 13.2 Å². The van der Waals surface area contributed by atoms with Gasteiger partial charge in [-0.2, -0.15) is 0 Å². The summed E-state index contributed by atoms with van der Waals surface area (Å²) in [6.45, 7) is 3.59. The van der Waals surface area contributed by atoms with E-state index in [1.54, 1.807) is 6.08 Å². The molecule has 1 aliphatic heterocycles. The first-order valence-corrected chi connectivity index (χ1v) is 26.3. The zero-order chi connectivity index (χ0) is 46.0. The van der Waals surface area contributed by atoms with Gasteiger partial charge in [0.15, 0.2) is 6.29 Å². The topological polar surface area (TPSA) is 169 Å². The molecule has 8 unspecified atom stereocenters. The van der Waals surface area contributed by atoms with Crippen molar-refractivity contribution in [1.29, 1.82) is 0 Å². The molecule has 10 heteroatoms. The molecule has 1 heterocycles. The van der Waals surface area contributed by atoms with Crippen molar-refractivity contribution in [3.05, 3.63) is 36.5 Å². The van der Waals surface area contributed by atoms with E-state index in [9.17, 15) is 35.4 Å². The zero-order valence-corrected chi connectivity index (χ0v) is 40.4. The van der Waals surface area contributed by atoms with E-state index in [0.717, 1.165) is 32.1 Å². The summed E-state index contributed by atoms with van der Waals surface area (Å²) in [6.07, 6.45) is 43.9. The Kier molecular flexibility index (Phi) is 40.5. The highest BCUT2D eigenvalue weighted by molar-refractivity contribution is 5.80. The fourth-order valence-electron chi connectivity index (χ4n) is 8.23. The van der Waals surface area contributed by atoms with E-state index >= 15 is 0 Å². The first-order chi connectivity index (χ1) is 30.8. The van der Waals surface area contributed by atoms with Crippen LogP contribution in [-0.2, 0) is 14.3 Å². The number of rotatable bonds is 44. The lowest BCUT2D eigenvalue weighted by Crippen LogP contribution is -2.60. The van der Waals surface area contributed by atoms with Crippen LogP contribution in [0.15, 0.2) is 36.5 Å². The molecule has 1 fully saturated rings. The Labute approximate surface area is 385 Å². The molecule has 370 valence electrons. The summed E-state index contributed by atoms with van der Waals surface area (Å²) in [4.78, 5) is 13.1. The number of hydrogen-bond acceptors (Lipinski definition) is 9. The molecule has 63 heavy (non-hydrogen) atoms. The van der Waals surface area contributed by atoms with Gasteiger partial charge in [-0.1, -0.05) is 211 Å². The molecule has 0 aromatic rings. The lowest BCUT2D eigenvalue weighted by atomic mass is 9.99. The number of hydrogen-bond donors (Lipinski definition) is 7. The number of nitrogens with one attached hydrogen (secondary N) is 1. The van der Waals surface area contributed by atoms with Gasteiger partial charge in [0.05, 0.1) is 25.4 Å². The van der Waals surface area contributed by atoms with Gasteiger partial charge in [0.25, 0.3) is 0 Å². The predicted molar refractivity (Wildman–Crippen MR) is 259 cm³/mol. The summed E-state index contributed by atoms with van der Waals surface area (Å²) in [5.41, 5.74) is 0. The third kappa shape index (κ3) is 32.7. The van der Waals surface area contributed by atoms with Crippen LogP contribution in [0.1, 0.15) is 232 Å². The minimum Gasteiger partial charge on any atom is -0.394 e. The van der Waals surface area contributed by atoms with E-state index in [2.05, 4.69) is 43.5 Å². The van der Waals surface area contributed by atoms with Crippen molar-refractivity contribution < 1.29 is 44.9 Å². The maximum absolute atomic E-state index is 13.1. The lowest BCUT2D eigenvalue weighted by Gasteiger charge is -2.40. The Bertz CT molecular complexity index is 1100. The number of carbonyl (C=O) groups is 1. The molecular weight excluding hydrogens is 795 g/mol. The first kappa shape index (κ1) is 59.4. The molecule has 7 N–H and O–H groups in total. The van der Waals surface area contributed by atoms with Crippen LogP contribution in [-0.4, -0.2) is 98.7 Å². The SMILES string of the molecule is CCCCCCCCC/C=C/CC/C=C/C(O)C(COC1OC(CO)C(O)C(O)C1O)NC(=O)C(O)CCCCCCCCCCC/C=C\CCCCCCCCCCCCCC. The Balaban J connectivity index is 2.28. The van der Waals surface area contributed by atoms with Gasteiger partial charge in [-0.3, -0.25) is 4.79 Å². The number of ether oxygens (including phenoxy) is 2. The van der Waals surface area contributed by atoms with Gasteiger partial charge >= 0.3 is 0 Å². The fourth-order valence-corrected chi connectivity index (χ4v) is 8.23. The van der Waals surface area contributed by atoms with Gasteiger partial charge in [0.1, 0.15) is 30.5 Å². The second-order valence-corrected chi connectivity index (χ2v) is 18.4. The van der Waals surface area contributed by atoms with E-state index < -0.39 is 61.5 Å². The van der Waals surface area contributed by atoms with Crippen molar-refractivity contribution in [2.24, 2.45) is 0 Å². The Morgan fingerprint density at radius 2 is 0.937 bits per heavy atom. The van der Waals surface area contributed by atoms with Crippen LogP contribution in [0.25, 0.3) is 0 Å². The minimum atomic E-state index is -1.62. The number of allylic oxidation sites excluding steroid dienone is 5. The van der Waals surface area contributed by atoms with Crippen molar-refractivity contribution in [2.45, 2.75) is 281 Å². The molecule has 0 spiro atoms. The van der Waals surface area contributed by atoms with Crippen molar-refractivity contribution >= 4 is 5.91 Å². The molecule has 1 rings (SSSR count). The highest BCUT2D eigenvalue weighted by Crippen LogP contribution is 2.23. The van der Waals surface area contributed by atoms with Gasteiger partial charge in [0, 0.05) is 0 Å². The molecule has 1 aliphatic rings. The molecule has 1 amide bonds. The zero-order valence-electron chi connectivity index (χ0n) is 40.4. The summed E-state index contributed by atoms with van der Waals surface area (Å²) in [5.74, 6) is -0.627. The maximum atomic E-state index is 13.1. The fraction of sp³-hybridized carbons (Fsp3) is 0.868. The second-order valence-electron chi connectivity index (χ2n) is 18.4. The third-order valence-electron chi connectivity index (χ3n) is 12.5. The van der Waals surface area contributed by atoms with E-state index in [-0.39, 0.29) is 6.61 Å². The molecule has 0 aliphatic carbocycles. The van der Waals surface area contributed by atoms with Crippen LogP contribution >= 0.6 is 0 Å². The number of aliphatic hydroxyl groups is 6. The van der Waals surface area contributed by atoms with E-state index in [0.29, 0.717) is 19.3 Å². The highest BCUT2D eigenvalue weighted by Gasteiger charge is 2.44. The minimum absolute atomic E-state index is 0.302. The van der Waals surface area contributed by atoms with Crippen LogP contribution in [0, 0.1) is 0 Å². The molecule has 1 saturated heterocycles. The van der Waals surface area contributed by atoms with Crippen LogP contribution in [0.5, 0.6) is 0 Å². The molecule has 0 bridgehead atoms. The van der Waals surface area contributed by atoms with Crippen LogP contribution in [0.4, 0.5) is 0 Å². The molecule has 8 atom stereocenters. The van der Waals surface area contributed by atoms with E-state index in [1.807, 2.05) is 6.08 Å². The summed E-state index contributed by atoms with van der Waals surface area (Å²) >= 11 is 0. The van der Waals surface area contributed by atoms with Gasteiger partial charge in [-0.05, 0) is 57.8 Å². The summed E-state index contributed by atoms with van der Waals surface area (Å²) in [6, 6.07) is -0.997. The van der Waals surface area contributed by atoms with Gasteiger partial charge in [0.2, 0.25) is 5.91 Å². The molecule has 0 aromatic carbocycles. The van der Waals surface area contributed by atoms with Crippen molar-refractivity contribution in [3.63, 3.8) is 0 Å². The number of unbranched alkanes of at least 4 members (excludes halogenated alkanes) is 29. The Morgan fingerprint density at radius 1 is 0.540 bits per heavy atom. The average Bonchev–Trinajstić information content (AvgIpc) is 3.28. The first-order valence-electron chi connectivity index (χ1n) is 26.3. The summed E-state index contributed by atoms with van der Waals surface area (Å²) < 4.78 is 11.1. The number of amides is 1. The second kappa shape index (κ2) is 43.0. The number of carbonyl (C=O) groups excluding carboxylic acids is 1. The third-order valence-corrected chi connectivity index (χ3v) is 12.5. The van der Waals surface area contributed by atoms with Crippen molar-refractivity contribution in [1.82, 2.24) is 5.32 Å². The maximum Gasteiger partial charge on any atom is 0.249 e. The largest absolute Gasteiger partial charge is 0.394 e. The van der Waals surface area contributed by atoms with Crippen LogP contribution in [0.3, 0.4) is 0 Å². The Hall–Kier alpha value is -1.63. The Morgan fingerprint density at radius 3 is 1.38 bits per heavy atom. The monoisotopic (exact) mass is 894 g/mol. The normalized spacial score (nSPS) is 20.9. The molecule has 10 nitrogen and oxygen atoms in total. The quantitative estimate of drug-likeness (QED) is 0.0232. The van der Waals surface area contributed by atoms with Crippen molar-refractivity contribution in [3.8, 4) is 0 Å². The molecular formula is C53H99NO9. The van der Waals surface area contributed by atoms with Gasteiger partial charge in [-0.25, -0.2) is 0 Å². The van der Waals surface area contributed by atoms with E-state index in [1.165, 1.54) is 167 Å². The molecule has 0 radical (unpaired) electrons. The predicted octanol–water partition coefficient (Wildman–Crippen LogP) is 11.0. The summed E-state index contributed by atoms with van der Waals surface area (Å²) in [7, 11) is 0. The average molecular weight is 894 g/mol. The molecule has 0 saturated carbocycles. The van der Waals surface area contributed by atoms with Gasteiger partial charge in [-0.15, -0.1) is 0 Å². The molecule has 0 aromatic heterocycles. The van der Waals surface area contributed by atoms with E-state index in [4.69, 9.17) is 9.47 Å². The standard InChI is InChI=1S/C53H99NO9/c1-3-5-7-9-11-13-15-17-18-19-20-21-22-23-24-25-26-27-28-30-32-34-36-38-40-42-47(57)52(61)54-45(44-62-53-51(60)50(59)49(58)48(43-55)63-53)46(56)41-39-37-35-33-31-29-16-14-12-10-8-6-4-2/h23-24,31,33,39,41,45-51,53,55-60H,3-22,25-30,32,34-38,40,42-44H2,1-2H3,(H,54,61)/b24-23-,33-31+,41-39+. The highest BCUT2D eigenvalue weighted by atomic mass is 16.7. The van der Waals surface area contributed by atoms with Gasteiger partial charge < -0.3 is 45.4 Å². The van der Waals surface area contributed by atoms with Crippen LogP contribution < -0.4 is 5.32 Å². The lowest BCUT2D eigenvalue weighted by molar-refractivity contribution is -0.302. The van der Waals surface area contributed by atoms with Crippen LogP contribution in [0.2, 0.25) is 0 Å². The smallest absolute Gasteiger partial charge is 0.249 e. The summed E-state index contributed by atoms with van der Waals surface area (Å²) in [5, 5.41) is 64.8. The number of aliphatic hydroxyl groups excluding tert-OH is 6.